The maximum Gasteiger partial charge on any atom is 0.366 e. The second-order valence-corrected chi connectivity index (χ2v) is 4.98. The molecule has 7 nitrogen and oxygen atoms in total. The predicted octanol–water partition coefficient (Wildman–Crippen LogP) is 2.69. The van der Waals surface area contributed by atoms with Gasteiger partial charge in [-0.2, -0.15) is 0 Å². The highest BCUT2D eigenvalue weighted by atomic mass is 16.7. The van der Waals surface area contributed by atoms with Gasteiger partial charge in [-0.25, -0.2) is 4.79 Å². The summed E-state index contributed by atoms with van der Waals surface area (Å²) < 4.78 is 0. The summed E-state index contributed by atoms with van der Waals surface area (Å²) >= 11 is 0. The van der Waals surface area contributed by atoms with Gasteiger partial charge in [0.25, 0.3) is 5.69 Å². The van der Waals surface area contributed by atoms with Gasteiger partial charge in [-0.05, 0) is 26.0 Å². The van der Waals surface area contributed by atoms with Crippen molar-refractivity contribution in [3.05, 3.63) is 74.8 Å². The number of rotatable bonds is 4. The van der Waals surface area contributed by atoms with Gasteiger partial charge < -0.3 is 10.6 Å². The highest BCUT2D eigenvalue weighted by Gasteiger charge is 2.16. The number of benzene rings is 2. The number of nitrogens with two attached hydrogens (primary N) is 1. The molecule has 0 unspecified atom stereocenters. The molecule has 23 heavy (non-hydrogen) atoms. The first-order chi connectivity index (χ1) is 10.9. The first kappa shape index (κ1) is 16.2. The number of nitro groups is 1. The van der Waals surface area contributed by atoms with Crippen LogP contribution in [-0.4, -0.2) is 16.7 Å². The Bertz CT molecular complexity index is 800. The van der Waals surface area contributed by atoms with E-state index in [-0.39, 0.29) is 17.1 Å². The third-order valence-electron chi connectivity index (χ3n) is 3.18. The third-order valence-corrected chi connectivity index (χ3v) is 3.18. The van der Waals surface area contributed by atoms with Crippen LogP contribution in [0.15, 0.2) is 47.6 Å². The summed E-state index contributed by atoms with van der Waals surface area (Å²) in [5.74, 6) is -0.771. The molecule has 0 fully saturated rings. The van der Waals surface area contributed by atoms with E-state index in [0.717, 1.165) is 11.6 Å². The quantitative estimate of drug-likeness (QED) is 0.307. The summed E-state index contributed by atoms with van der Waals surface area (Å²) in [6, 6.07) is 11.3. The molecule has 0 spiro atoms. The number of nitrogens with zero attached hydrogens (tertiary/aromatic N) is 2. The largest absolute Gasteiger partial charge is 0.380 e. The lowest BCUT2D eigenvalue weighted by Gasteiger charge is -2.03. The average molecular weight is 313 g/mol. The van der Waals surface area contributed by atoms with E-state index in [1.807, 2.05) is 13.0 Å². The van der Waals surface area contributed by atoms with Gasteiger partial charge in [-0.1, -0.05) is 35.0 Å². The topological polar surface area (TPSA) is 108 Å². The van der Waals surface area contributed by atoms with Gasteiger partial charge in [-0.3, -0.25) is 10.1 Å². The summed E-state index contributed by atoms with van der Waals surface area (Å²) in [6.07, 6.45) is 0. The molecule has 0 aliphatic heterocycles. The maximum atomic E-state index is 11.9. The van der Waals surface area contributed by atoms with E-state index in [4.69, 9.17) is 10.6 Å². The molecule has 0 radical (unpaired) electrons. The molecule has 0 aliphatic carbocycles. The number of oxime groups is 1. The lowest BCUT2D eigenvalue weighted by molar-refractivity contribution is -0.385. The number of aryl methyl sites for hydroxylation is 2. The fraction of sp³-hybridized carbons (Fsp3) is 0.125. The van der Waals surface area contributed by atoms with Crippen LogP contribution in [0.3, 0.4) is 0 Å². The van der Waals surface area contributed by atoms with Gasteiger partial charge >= 0.3 is 5.97 Å². The number of amidine groups is 1. The van der Waals surface area contributed by atoms with Crippen LogP contribution in [0.25, 0.3) is 0 Å². The summed E-state index contributed by atoms with van der Waals surface area (Å²) in [6.45, 7) is 3.48. The molecule has 2 rings (SSSR count). The zero-order valence-electron chi connectivity index (χ0n) is 12.6. The molecule has 0 bridgehead atoms. The van der Waals surface area contributed by atoms with Crippen molar-refractivity contribution in [2.45, 2.75) is 13.8 Å². The molecule has 2 aromatic rings. The summed E-state index contributed by atoms with van der Waals surface area (Å²) in [7, 11) is 0. The molecule has 0 amide bonds. The number of carbonyl (C=O) groups is 1. The zero-order chi connectivity index (χ0) is 17.0. The Labute approximate surface area is 132 Å². The molecule has 2 N–H and O–H groups in total. The summed E-state index contributed by atoms with van der Waals surface area (Å²) in [5, 5.41) is 14.5. The van der Waals surface area contributed by atoms with Gasteiger partial charge in [0.1, 0.15) is 0 Å². The Morgan fingerprint density at radius 1 is 1.17 bits per heavy atom. The van der Waals surface area contributed by atoms with Crippen LogP contribution in [0.5, 0.6) is 0 Å². The van der Waals surface area contributed by atoms with Crippen molar-refractivity contribution in [3.8, 4) is 0 Å². The Hall–Kier alpha value is -3.22. The highest BCUT2D eigenvalue weighted by molar-refractivity contribution is 5.98. The van der Waals surface area contributed by atoms with Crippen molar-refractivity contribution < 1.29 is 14.6 Å². The lowest BCUT2D eigenvalue weighted by Crippen LogP contribution is -2.15. The molecule has 7 heteroatoms. The molecule has 0 aliphatic rings. The maximum absolute atomic E-state index is 11.9. The standard InChI is InChI=1S/C16H15N3O4/c1-10-4-3-5-12(8-10)15(17)18-23-16(20)13-7-6-11(2)14(9-13)19(21)22/h3-9H,1-2H3,(H2,17,18). The minimum atomic E-state index is -0.816. The number of carbonyl (C=O) groups excluding carboxylic acids is 1. The van der Waals surface area contributed by atoms with E-state index in [9.17, 15) is 14.9 Å². The van der Waals surface area contributed by atoms with Crippen LogP contribution in [0, 0.1) is 24.0 Å². The monoisotopic (exact) mass is 313 g/mol. The van der Waals surface area contributed by atoms with Crippen LogP contribution in [-0.2, 0) is 4.84 Å². The van der Waals surface area contributed by atoms with Crippen LogP contribution >= 0.6 is 0 Å². The van der Waals surface area contributed by atoms with E-state index >= 15 is 0 Å². The van der Waals surface area contributed by atoms with Gasteiger partial charge in [-0.15, -0.1) is 0 Å². The van der Waals surface area contributed by atoms with Gasteiger partial charge in [0.2, 0.25) is 0 Å². The third kappa shape index (κ3) is 3.91. The SMILES string of the molecule is Cc1cccc(C(N)=NOC(=O)c2ccc(C)c([N+](=O)[O-])c2)c1. The highest BCUT2D eigenvalue weighted by Crippen LogP contribution is 2.19. The van der Waals surface area contributed by atoms with Crippen molar-refractivity contribution in [2.75, 3.05) is 0 Å². The molecule has 0 aromatic heterocycles. The fourth-order valence-electron chi connectivity index (χ4n) is 1.93. The summed E-state index contributed by atoms with van der Waals surface area (Å²) in [4.78, 5) is 27.0. The molecule has 0 heterocycles. The summed E-state index contributed by atoms with van der Waals surface area (Å²) in [5.41, 5.74) is 7.69. The Kier molecular flexibility index (Phi) is 4.70. The second kappa shape index (κ2) is 6.69. The number of hydrogen-bond donors (Lipinski definition) is 1. The number of nitro benzene ring substituents is 1. The fourth-order valence-corrected chi connectivity index (χ4v) is 1.93. The molecular formula is C16H15N3O4. The lowest BCUT2D eigenvalue weighted by atomic mass is 10.1. The number of hydrogen-bond acceptors (Lipinski definition) is 5. The molecule has 118 valence electrons. The van der Waals surface area contributed by atoms with Crippen LogP contribution in [0.2, 0.25) is 0 Å². The minimum absolute atomic E-state index is 0.0306. The van der Waals surface area contributed by atoms with E-state index in [0.29, 0.717) is 11.1 Å². The van der Waals surface area contributed by atoms with Crippen molar-refractivity contribution in [1.82, 2.24) is 0 Å². The minimum Gasteiger partial charge on any atom is -0.380 e. The van der Waals surface area contributed by atoms with Crippen LogP contribution < -0.4 is 5.73 Å². The average Bonchev–Trinajstić information content (AvgIpc) is 2.52. The van der Waals surface area contributed by atoms with Crippen molar-refractivity contribution in [3.63, 3.8) is 0 Å². The van der Waals surface area contributed by atoms with E-state index in [2.05, 4.69) is 5.16 Å². The van der Waals surface area contributed by atoms with E-state index in [1.54, 1.807) is 25.1 Å². The first-order valence-corrected chi connectivity index (χ1v) is 6.75. The normalized spacial score (nSPS) is 11.1. The molecular weight excluding hydrogens is 298 g/mol. The first-order valence-electron chi connectivity index (χ1n) is 6.75. The molecule has 2 aromatic carbocycles. The Morgan fingerprint density at radius 2 is 1.91 bits per heavy atom. The Morgan fingerprint density at radius 3 is 2.57 bits per heavy atom. The van der Waals surface area contributed by atoms with Crippen LogP contribution in [0.1, 0.15) is 27.0 Å². The second-order valence-electron chi connectivity index (χ2n) is 4.98. The smallest absolute Gasteiger partial charge is 0.366 e. The molecule has 0 saturated carbocycles. The molecule has 0 atom stereocenters. The van der Waals surface area contributed by atoms with Gasteiger partial charge in [0.05, 0.1) is 10.5 Å². The Balaban J connectivity index is 2.18. The van der Waals surface area contributed by atoms with Crippen molar-refractivity contribution in [2.24, 2.45) is 10.9 Å². The molecule has 0 saturated heterocycles. The predicted molar refractivity (Wildman–Crippen MR) is 85.2 cm³/mol. The van der Waals surface area contributed by atoms with E-state index in [1.165, 1.54) is 12.1 Å². The van der Waals surface area contributed by atoms with E-state index < -0.39 is 10.9 Å². The van der Waals surface area contributed by atoms with Crippen LogP contribution in [0.4, 0.5) is 5.69 Å². The van der Waals surface area contributed by atoms with Gasteiger partial charge in [0.15, 0.2) is 5.84 Å². The van der Waals surface area contributed by atoms with Crippen molar-refractivity contribution >= 4 is 17.5 Å². The zero-order valence-corrected chi connectivity index (χ0v) is 12.6. The van der Waals surface area contributed by atoms with Gasteiger partial charge in [0, 0.05) is 17.2 Å². The van der Waals surface area contributed by atoms with Crippen molar-refractivity contribution in [1.29, 1.82) is 0 Å².